The number of benzene rings is 2. The standard InChI is InChI=1S/C57H73FN14O7S/c1-35-10-12-38(13-11-35)51(74)44-34-80-55(64-44)46-9-7-20-71(46)57(77)50(65-54(75)36(2)61-3)37-16-21-69(22-17-37)25-27-79-29-28-78-26-18-48(73)67(4)23-24-72-47(31-59)49-42-32-62-52(60)53(63-42)70-19-6-8-45(70)41-30-39(58)14-15-40(41)56(76)68(5)33-43(49)66-72/h10-15,30,32,36-37,44-46,50,61H,6-9,16-29,33-34H2,1-5H3,(H2,60,62)(H,65,75)/t36-,44?,45-,46-,50-/m1/s1. The van der Waals surface area contributed by atoms with Crippen LogP contribution in [0.4, 0.5) is 16.0 Å². The number of fused-ring (bicyclic) bond motifs is 8. The van der Waals surface area contributed by atoms with Gasteiger partial charge in [-0.2, -0.15) is 10.4 Å². The number of piperidine rings is 1. The average Bonchev–Trinajstić information content (AvgIpc) is 4.33. The Bertz CT molecular complexity index is 3000. The Morgan fingerprint density at radius 1 is 0.975 bits per heavy atom. The second-order valence-electron chi connectivity index (χ2n) is 21.4. The maximum atomic E-state index is 14.7. The van der Waals surface area contributed by atoms with Gasteiger partial charge in [-0.15, -0.1) is 11.8 Å². The summed E-state index contributed by atoms with van der Waals surface area (Å²) in [5, 5.41) is 22.3. The number of likely N-dealkylation sites (N-methyl/N-ethyl adjacent to an activating group) is 2. The number of aryl methyl sites for hydroxylation is 1. The number of nitrogens with zero attached hydrogens (tertiary/aromatic N) is 11. The number of hydrogen-bond donors (Lipinski definition) is 3. The summed E-state index contributed by atoms with van der Waals surface area (Å²) in [6, 6.07) is 11.8. The van der Waals surface area contributed by atoms with Gasteiger partial charge in [0.1, 0.15) is 29.7 Å². The van der Waals surface area contributed by atoms with Gasteiger partial charge < -0.3 is 50.3 Å². The number of nitrogens with two attached hydrogens (primary N) is 1. The van der Waals surface area contributed by atoms with E-state index < -0.39 is 23.9 Å². The summed E-state index contributed by atoms with van der Waals surface area (Å²) in [6.07, 6.45) is 6.06. The van der Waals surface area contributed by atoms with Crippen molar-refractivity contribution in [2.24, 2.45) is 10.9 Å². The number of Topliss-reactive ketones (excluding diaryl/α,β-unsaturated/α-hetero) is 1. The number of carbonyl (C=O) groups is 5. The van der Waals surface area contributed by atoms with Gasteiger partial charge in [0.2, 0.25) is 17.7 Å². The third-order valence-corrected chi connectivity index (χ3v) is 17.3. The van der Waals surface area contributed by atoms with Gasteiger partial charge >= 0.3 is 0 Å². The summed E-state index contributed by atoms with van der Waals surface area (Å²) in [6.45, 7) is 8.80. The minimum atomic E-state index is -0.688. The van der Waals surface area contributed by atoms with Crippen LogP contribution in [0.2, 0.25) is 0 Å². The Kier molecular flexibility index (Phi) is 18.9. The normalized spacial score (nSPS) is 20.2. The molecule has 0 aliphatic carbocycles. The van der Waals surface area contributed by atoms with Gasteiger partial charge in [-0.3, -0.25) is 33.6 Å². The van der Waals surface area contributed by atoms with Gasteiger partial charge in [-0.1, -0.05) is 29.8 Å². The number of carbonyl (C=O) groups excluding carboxylic acids is 5. The highest BCUT2D eigenvalue weighted by molar-refractivity contribution is 8.14. The molecule has 21 nitrogen and oxygen atoms in total. The molecule has 4 N–H and O–H groups in total. The van der Waals surface area contributed by atoms with Crippen LogP contribution in [-0.2, 0) is 36.9 Å². The summed E-state index contributed by atoms with van der Waals surface area (Å²) < 4.78 is 28.0. The molecule has 2 aromatic heterocycles. The minimum absolute atomic E-state index is 0.0131. The fourth-order valence-electron chi connectivity index (χ4n) is 11.4. The Morgan fingerprint density at radius 2 is 1.71 bits per heavy atom. The van der Waals surface area contributed by atoms with Gasteiger partial charge in [-0.05, 0) is 102 Å². The second kappa shape index (κ2) is 26.2. The summed E-state index contributed by atoms with van der Waals surface area (Å²) in [5.74, 6) is -0.229. The smallest absolute Gasteiger partial charge is 0.254 e. The van der Waals surface area contributed by atoms with E-state index in [4.69, 9.17) is 30.3 Å². The van der Waals surface area contributed by atoms with Crippen molar-refractivity contribution in [2.45, 2.75) is 102 Å². The van der Waals surface area contributed by atoms with Crippen molar-refractivity contribution in [3.8, 4) is 17.3 Å². The zero-order chi connectivity index (χ0) is 56.6. The van der Waals surface area contributed by atoms with Gasteiger partial charge in [0.25, 0.3) is 5.91 Å². The number of nitrogens with one attached hydrogen (secondary N) is 2. The quantitative estimate of drug-likeness (QED) is 0.0827. The summed E-state index contributed by atoms with van der Waals surface area (Å²) in [5.41, 5.74) is 10.4. The summed E-state index contributed by atoms with van der Waals surface area (Å²) >= 11 is 1.56. The molecule has 0 spiro atoms. The first-order valence-corrected chi connectivity index (χ1v) is 28.8. The maximum absolute atomic E-state index is 14.7. The van der Waals surface area contributed by atoms with E-state index in [2.05, 4.69) is 26.6 Å². The molecule has 7 heterocycles. The zero-order valence-corrected chi connectivity index (χ0v) is 47.2. The van der Waals surface area contributed by atoms with Crippen LogP contribution in [-0.4, -0.2) is 191 Å². The Balaban J connectivity index is 0.721. The molecule has 0 saturated carbocycles. The highest BCUT2D eigenvalue weighted by Gasteiger charge is 2.43. The Labute approximate surface area is 470 Å². The number of rotatable bonds is 20. The molecule has 2 bridgehead atoms. The maximum Gasteiger partial charge on any atom is 0.254 e. The van der Waals surface area contributed by atoms with Crippen LogP contribution in [0.25, 0.3) is 11.3 Å². The molecule has 0 radical (unpaired) electrons. The lowest BCUT2D eigenvalue weighted by molar-refractivity contribution is -0.138. The SMILES string of the molecule is CN[C@H](C)C(=O)N[C@@H](C(=O)N1CCC[C@@H]1C1=NC(C(=O)c2ccc(C)cc2)CS1)C1CCN(CCOCCOCCC(=O)N(C)CCn2nc3c(c2C#N)-c2cnc(N)c(n2)N2CCC[C@@H]2c2cc(F)ccc2C(=O)N(C)C3)CC1. The van der Waals surface area contributed by atoms with Crippen molar-refractivity contribution in [2.75, 3.05) is 103 Å². The van der Waals surface area contributed by atoms with Crippen LogP contribution in [0.3, 0.4) is 0 Å². The summed E-state index contributed by atoms with van der Waals surface area (Å²) in [7, 11) is 5.04. The number of aliphatic imine (C=N–C) groups is 1. The topological polar surface area (TPSA) is 250 Å². The van der Waals surface area contributed by atoms with Crippen LogP contribution >= 0.6 is 11.8 Å². The van der Waals surface area contributed by atoms with Crippen LogP contribution in [0.15, 0.2) is 53.7 Å². The average molecular weight is 1120 g/mol. The monoisotopic (exact) mass is 1120 g/mol. The molecule has 9 rings (SSSR count). The molecule has 80 heavy (non-hydrogen) atoms. The van der Waals surface area contributed by atoms with E-state index >= 15 is 0 Å². The molecular formula is C57H73FN14O7S. The molecule has 3 saturated heterocycles. The third-order valence-electron chi connectivity index (χ3n) is 16.1. The minimum Gasteiger partial charge on any atom is -0.381 e. The first-order valence-electron chi connectivity index (χ1n) is 27.8. The molecule has 23 heteroatoms. The van der Waals surface area contributed by atoms with Crippen molar-refractivity contribution in [3.05, 3.63) is 88.1 Å². The number of nitrogen functional groups attached to an aromatic ring is 1. The number of likely N-dealkylation sites (tertiary alicyclic amines) is 2. The number of thioether (sulfide) groups is 1. The molecular weight excluding hydrogens is 1040 g/mol. The van der Waals surface area contributed by atoms with E-state index in [1.54, 1.807) is 44.7 Å². The van der Waals surface area contributed by atoms with Gasteiger partial charge in [0.05, 0.1) is 92.3 Å². The number of amides is 4. The fourth-order valence-corrected chi connectivity index (χ4v) is 12.6. The lowest BCUT2D eigenvalue weighted by atomic mass is 9.88. The largest absolute Gasteiger partial charge is 0.381 e. The van der Waals surface area contributed by atoms with Gasteiger partial charge in [-0.25, -0.2) is 14.4 Å². The predicted octanol–water partition coefficient (Wildman–Crippen LogP) is 4.24. The number of halogens is 1. The fraction of sp³-hybridized carbons (Fsp3) is 0.544. The number of aromatic nitrogens is 4. The summed E-state index contributed by atoms with van der Waals surface area (Å²) in [4.78, 5) is 92.0. The first-order chi connectivity index (χ1) is 38.6. The highest BCUT2D eigenvalue weighted by atomic mass is 32.2. The van der Waals surface area contributed by atoms with Crippen molar-refractivity contribution in [1.82, 2.24) is 50.0 Å². The molecule has 5 aliphatic heterocycles. The van der Waals surface area contributed by atoms with E-state index in [0.29, 0.717) is 91.1 Å². The van der Waals surface area contributed by atoms with Crippen molar-refractivity contribution < 1.29 is 37.8 Å². The van der Waals surface area contributed by atoms with Gasteiger partial charge in [0.15, 0.2) is 17.4 Å². The lowest BCUT2D eigenvalue weighted by Crippen LogP contribution is -2.58. The number of hydrogen-bond acceptors (Lipinski definition) is 17. The second-order valence-corrected chi connectivity index (χ2v) is 22.4. The van der Waals surface area contributed by atoms with E-state index in [1.807, 2.05) is 41.0 Å². The van der Waals surface area contributed by atoms with Crippen LogP contribution in [0.5, 0.6) is 0 Å². The van der Waals surface area contributed by atoms with Crippen LogP contribution in [0, 0.1) is 30.0 Å². The molecule has 1 unspecified atom stereocenters. The first kappa shape index (κ1) is 57.8. The number of ketones is 1. The zero-order valence-electron chi connectivity index (χ0n) is 46.4. The van der Waals surface area contributed by atoms with E-state index in [-0.39, 0.29) is 91.6 Å². The highest BCUT2D eigenvalue weighted by Crippen LogP contribution is 2.41. The van der Waals surface area contributed by atoms with Crippen molar-refractivity contribution in [3.63, 3.8) is 0 Å². The lowest BCUT2D eigenvalue weighted by Gasteiger charge is -2.38. The van der Waals surface area contributed by atoms with E-state index in [1.165, 1.54) is 34.0 Å². The molecule has 2 aromatic carbocycles. The van der Waals surface area contributed by atoms with E-state index in [9.17, 15) is 33.6 Å². The Hall–Kier alpha value is -6.84. The molecule has 4 amide bonds. The van der Waals surface area contributed by atoms with E-state index in [0.717, 1.165) is 55.8 Å². The van der Waals surface area contributed by atoms with Crippen molar-refractivity contribution in [1.29, 1.82) is 5.26 Å². The number of ether oxygens (including phenoxy) is 2. The molecule has 4 aromatic rings. The molecule has 5 aliphatic rings. The third kappa shape index (κ3) is 13.0. The molecule has 3 fully saturated rings. The van der Waals surface area contributed by atoms with Crippen molar-refractivity contribution >= 4 is 57.9 Å². The molecule has 5 atom stereocenters. The Morgan fingerprint density at radius 3 is 2.46 bits per heavy atom. The van der Waals surface area contributed by atoms with Crippen LogP contribution < -0.4 is 21.3 Å². The van der Waals surface area contributed by atoms with Crippen LogP contribution in [0.1, 0.15) is 101 Å². The molecule has 426 valence electrons. The van der Waals surface area contributed by atoms with Gasteiger partial charge in [0, 0.05) is 57.2 Å². The predicted molar refractivity (Wildman–Crippen MR) is 301 cm³/mol. The number of anilines is 2. The number of nitriles is 1.